The van der Waals surface area contributed by atoms with E-state index in [2.05, 4.69) is 35.9 Å². The van der Waals surface area contributed by atoms with E-state index in [0.717, 1.165) is 11.4 Å². The lowest BCUT2D eigenvalue weighted by atomic mass is 10.3. The fraction of sp³-hybridized carbons (Fsp3) is 0.444. The lowest BCUT2D eigenvalue weighted by Gasteiger charge is -2.10. The number of hydrogen-bond donors (Lipinski definition) is 2. The summed E-state index contributed by atoms with van der Waals surface area (Å²) in [4.78, 5) is 8.55. The monoisotopic (exact) mass is 219 g/mol. The minimum absolute atomic E-state index is 0.0834. The van der Waals surface area contributed by atoms with Gasteiger partial charge in [0.1, 0.15) is 0 Å². The molecule has 2 aromatic rings. The van der Waals surface area contributed by atoms with Crippen LogP contribution < -0.4 is 5.32 Å². The van der Waals surface area contributed by atoms with Crippen LogP contribution >= 0.6 is 0 Å². The number of hydrogen-bond acceptors (Lipinski definition) is 6. The molecule has 0 amide bonds. The first kappa shape index (κ1) is 10.5. The van der Waals surface area contributed by atoms with E-state index in [4.69, 9.17) is 0 Å². The van der Waals surface area contributed by atoms with Gasteiger partial charge in [0.25, 0.3) is 0 Å². The van der Waals surface area contributed by atoms with Crippen LogP contribution in [-0.4, -0.2) is 30.6 Å². The van der Waals surface area contributed by atoms with Crippen LogP contribution in [0.15, 0.2) is 6.07 Å². The van der Waals surface area contributed by atoms with E-state index in [-0.39, 0.29) is 6.04 Å². The number of tetrazole rings is 1. The largest absolute Gasteiger partial charge is 0.344 e. The molecule has 0 radical (unpaired) electrons. The van der Waals surface area contributed by atoms with Crippen LogP contribution in [0.4, 0.5) is 5.95 Å². The number of rotatable bonds is 3. The summed E-state index contributed by atoms with van der Waals surface area (Å²) in [7, 11) is 0. The van der Waals surface area contributed by atoms with Crippen molar-refractivity contribution >= 4 is 5.95 Å². The molecular weight excluding hydrogens is 206 g/mol. The summed E-state index contributed by atoms with van der Waals surface area (Å²) in [6, 6.07) is 1.84. The van der Waals surface area contributed by atoms with Crippen molar-refractivity contribution < 1.29 is 0 Å². The van der Waals surface area contributed by atoms with Crippen molar-refractivity contribution in [2.24, 2.45) is 0 Å². The van der Waals surface area contributed by atoms with Gasteiger partial charge in [0.05, 0.1) is 6.04 Å². The summed E-state index contributed by atoms with van der Waals surface area (Å²) >= 11 is 0. The number of H-pyrrole nitrogens is 1. The standard InChI is InChI=1S/C9H13N7/c1-5-4-6(2)11-9(10-5)12-7(3)8-13-15-16-14-8/h4,7H,1-3H3,(H,10,11,12)(H,13,14,15,16). The highest BCUT2D eigenvalue weighted by atomic mass is 15.5. The third kappa shape index (κ3) is 2.30. The number of aryl methyl sites for hydroxylation is 2. The summed E-state index contributed by atoms with van der Waals surface area (Å²) in [6.07, 6.45) is 0. The smallest absolute Gasteiger partial charge is 0.223 e. The van der Waals surface area contributed by atoms with E-state index in [9.17, 15) is 0 Å². The van der Waals surface area contributed by atoms with Gasteiger partial charge in [-0.15, -0.1) is 10.2 Å². The Morgan fingerprint density at radius 2 is 1.94 bits per heavy atom. The van der Waals surface area contributed by atoms with Crippen molar-refractivity contribution in [3.8, 4) is 0 Å². The molecular formula is C9H13N7. The van der Waals surface area contributed by atoms with Crippen LogP contribution in [-0.2, 0) is 0 Å². The Hall–Kier alpha value is -2.05. The van der Waals surface area contributed by atoms with Gasteiger partial charge in [-0.25, -0.2) is 9.97 Å². The molecule has 2 aromatic heterocycles. The van der Waals surface area contributed by atoms with Crippen molar-refractivity contribution in [1.82, 2.24) is 30.6 Å². The molecule has 0 aliphatic heterocycles. The molecule has 0 fully saturated rings. The third-order valence-electron chi connectivity index (χ3n) is 2.08. The highest BCUT2D eigenvalue weighted by Gasteiger charge is 2.11. The van der Waals surface area contributed by atoms with Gasteiger partial charge >= 0.3 is 0 Å². The van der Waals surface area contributed by atoms with Crippen molar-refractivity contribution in [2.45, 2.75) is 26.8 Å². The number of nitrogens with zero attached hydrogens (tertiary/aromatic N) is 5. The lowest BCUT2D eigenvalue weighted by Crippen LogP contribution is -2.12. The zero-order valence-electron chi connectivity index (χ0n) is 9.39. The van der Waals surface area contributed by atoms with Crippen LogP contribution in [0.25, 0.3) is 0 Å². The molecule has 84 valence electrons. The van der Waals surface area contributed by atoms with Gasteiger partial charge < -0.3 is 5.32 Å². The first-order valence-corrected chi connectivity index (χ1v) is 4.97. The van der Waals surface area contributed by atoms with Gasteiger partial charge in [-0.3, -0.25) is 0 Å². The maximum atomic E-state index is 4.28. The van der Waals surface area contributed by atoms with Gasteiger partial charge in [0.2, 0.25) is 5.95 Å². The van der Waals surface area contributed by atoms with Crippen LogP contribution in [0.3, 0.4) is 0 Å². The Labute approximate surface area is 92.7 Å². The topological polar surface area (TPSA) is 92.3 Å². The summed E-state index contributed by atoms with van der Waals surface area (Å²) in [6.45, 7) is 5.78. The van der Waals surface area contributed by atoms with Crippen LogP contribution in [0.5, 0.6) is 0 Å². The molecule has 2 rings (SSSR count). The Kier molecular flexibility index (Phi) is 2.76. The highest BCUT2D eigenvalue weighted by molar-refractivity contribution is 5.29. The Bertz CT molecular complexity index is 444. The van der Waals surface area contributed by atoms with Crippen molar-refractivity contribution in [1.29, 1.82) is 0 Å². The fourth-order valence-electron chi connectivity index (χ4n) is 1.40. The maximum Gasteiger partial charge on any atom is 0.223 e. The number of nitrogens with one attached hydrogen (secondary N) is 2. The second-order valence-electron chi connectivity index (χ2n) is 3.61. The normalized spacial score (nSPS) is 12.4. The Balaban J connectivity index is 2.15. The summed E-state index contributed by atoms with van der Waals surface area (Å²) in [5.74, 6) is 1.16. The van der Waals surface area contributed by atoms with Crippen molar-refractivity contribution in [2.75, 3.05) is 5.32 Å². The van der Waals surface area contributed by atoms with E-state index >= 15 is 0 Å². The van der Waals surface area contributed by atoms with E-state index in [0.29, 0.717) is 11.8 Å². The quantitative estimate of drug-likeness (QED) is 0.792. The number of anilines is 1. The highest BCUT2D eigenvalue weighted by Crippen LogP contribution is 2.12. The van der Waals surface area contributed by atoms with Crippen LogP contribution in [0, 0.1) is 13.8 Å². The van der Waals surface area contributed by atoms with Crippen molar-refractivity contribution in [3.05, 3.63) is 23.3 Å². The maximum absolute atomic E-state index is 4.28. The van der Waals surface area contributed by atoms with Gasteiger partial charge in [0, 0.05) is 11.4 Å². The molecule has 0 aliphatic rings. The molecule has 2 heterocycles. The van der Waals surface area contributed by atoms with Crippen LogP contribution in [0.1, 0.15) is 30.2 Å². The zero-order valence-corrected chi connectivity index (χ0v) is 9.39. The first-order valence-electron chi connectivity index (χ1n) is 4.97. The molecule has 1 atom stereocenters. The van der Waals surface area contributed by atoms with Crippen molar-refractivity contribution in [3.63, 3.8) is 0 Å². The average molecular weight is 219 g/mol. The fourth-order valence-corrected chi connectivity index (χ4v) is 1.40. The molecule has 1 unspecified atom stereocenters. The molecule has 0 aliphatic carbocycles. The Morgan fingerprint density at radius 1 is 1.25 bits per heavy atom. The number of aromatic amines is 1. The molecule has 2 N–H and O–H groups in total. The number of aromatic nitrogens is 6. The second-order valence-corrected chi connectivity index (χ2v) is 3.61. The molecule has 0 saturated carbocycles. The SMILES string of the molecule is Cc1cc(C)nc(NC(C)c2nn[nH]n2)n1. The second kappa shape index (κ2) is 4.21. The molecule has 0 aromatic carbocycles. The molecule has 16 heavy (non-hydrogen) atoms. The van der Waals surface area contributed by atoms with E-state index < -0.39 is 0 Å². The molecule has 0 saturated heterocycles. The van der Waals surface area contributed by atoms with E-state index in [1.54, 1.807) is 0 Å². The third-order valence-corrected chi connectivity index (χ3v) is 2.08. The predicted molar refractivity (Wildman–Crippen MR) is 57.7 cm³/mol. The van der Waals surface area contributed by atoms with Gasteiger partial charge in [-0.05, 0) is 26.8 Å². The molecule has 0 spiro atoms. The van der Waals surface area contributed by atoms with Gasteiger partial charge in [0.15, 0.2) is 5.82 Å². The minimum Gasteiger partial charge on any atom is -0.344 e. The average Bonchev–Trinajstić information content (AvgIpc) is 2.68. The van der Waals surface area contributed by atoms with E-state index in [1.807, 2.05) is 26.8 Å². The zero-order chi connectivity index (χ0) is 11.5. The Morgan fingerprint density at radius 3 is 2.50 bits per heavy atom. The molecule has 7 heteroatoms. The summed E-state index contributed by atoms with van der Waals surface area (Å²) < 4.78 is 0. The molecule has 7 nitrogen and oxygen atoms in total. The van der Waals surface area contributed by atoms with Gasteiger partial charge in [-0.2, -0.15) is 5.21 Å². The lowest BCUT2D eigenvalue weighted by molar-refractivity contribution is 0.777. The van der Waals surface area contributed by atoms with E-state index in [1.165, 1.54) is 0 Å². The molecule has 0 bridgehead atoms. The van der Waals surface area contributed by atoms with Gasteiger partial charge in [-0.1, -0.05) is 5.21 Å². The first-order chi connectivity index (χ1) is 7.65. The minimum atomic E-state index is -0.0834. The summed E-state index contributed by atoms with van der Waals surface area (Å²) in [5, 5.41) is 16.8. The van der Waals surface area contributed by atoms with Crippen LogP contribution in [0.2, 0.25) is 0 Å². The summed E-state index contributed by atoms with van der Waals surface area (Å²) in [5.41, 5.74) is 1.85. The predicted octanol–water partition coefficient (Wildman–Crippen LogP) is 0.780.